The van der Waals surface area contributed by atoms with Crippen LogP contribution in [-0.4, -0.2) is 27.7 Å². The first kappa shape index (κ1) is 16.2. The van der Waals surface area contributed by atoms with E-state index >= 15 is 0 Å². The summed E-state index contributed by atoms with van der Waals surface area (Å²) in [5, 5.41) is 0. The Labute approximate surface area is 134 Å². The molecule has 0 atom stereocenters. The van der Waals surface area contributed by atoms with Crippen molar-refractivity contribution in [2.75, 3.05) is 0 Å². The molecule has 0 aromatic heterocycles. The van der Waals surface area contributed by atoms with Gasteiger partial charge in [0.15, 0.2) is 0 Å². The van der Waals surface area contributed by atoms with Crippen LogP contribution in [0.2, 0.25) is 9.26 Å². The molecule has 0 saturated carbocycles. The first-order valence-electron chi connectivity index (χ1n) is 6.96. The standard InChI is InChI=1S/C16H15O2.2CH3.Bi/c1-12(2)13-8-10-14(11-9-13)16(17)18-15-6-4-3-5-7-15;;;/h3-11H,1-2H3;2*1H3;. The van der Waals surface area contributed by atoms with E-state index in [2.05, 4.69) is 35.2 Å². The summed E-state index contributed by atoms with van der Waals surface area (Å²) in [7, 11) is 0. The van der Waals surface area contributed by atoms with Gasteiger partial charge in [0, 0.05) is 0 Å². The van der Waals surface area contributed by atoms with E-state index in [9.17, 15) is 4.79 Å². The molecule has 0 bridgehead atoms. The zero-order chi connectivity index (χ0) is 15.5. The van der Waals surface area contributed by atoms with Crippen molar-refractivity contribution in [1.29, 1.82) is 0 Å². The van der Waals surface area contributed by atoms with Crippen LogP contribution in [0.25, 0.3) is 0 Å². The van der Waals surface area contributed by atoms with Gasteiger partial charge in [-0.1, -0.05) is 0 Å². The zero-order valence-electron chi connectivity index (χ0n) is 13.0. The number of esters is 1. The molecule has 0 aliphatic carbocycles. The molecule has 0 heterocycles. The van der Waals surface area contributed by atoms with Crippen LogP contribution in [0.15, 0.2) is 54.6 Å². The van der Waals surface area contributed by atoms with Crippen molar-refractivity contribution in [2.45, 2.75) is 26.2 Å². The van der Waals surface area contributed by atoms with Crippen molar-refractivity contribution >= 4 is 27.7 Å². The van der Waals surface area contributed by atoms with Gasteiger partial charge in [0.2, 0.25) is 0 Å². The molecule has 110 valence electrons. The third-order valence-corrected chi connectivity index (χ3v) is 13.6. The number of hydrogen-bond acceptors (Lipinski definition) is 2. The molecular formula is C18H21BiO2. The van der Waals surface area contributed by atoms with E-state index in [1.165, 1.54) is 5.56 Å². The number of carbonyl (C=O) groups is 1. The van der Waals surface area contributed by atoms with Crippen LogP contribution < -0.4 is 4.74 Å². The fourth-order valence-electron chi connectivity index (χ4n) is 1.93. The van der Waals surface area contributed by atoms with E-state index in [0.29, 0.717) is 11.3 Å². The third-order valence-electron chi connectivity index (χ3n) is 3.90. The molecular weight excluding hydrogens is 457 g/mol. The Balaban J connectivity index is 2.14. The van der Waals surface area contributed by atoms with Gasteiger partial charge in [0.1, 0.15) is 0 Å². The molecule has 0 saturated heterocycles. The maximum atomic E-state index is 12.1. The number of carbonyl (C=O) groups excluding carboxylic acids is 1. The summed E-state index contributed by atoms with van der Waals surface area (Å²) in [6.07, 6.45) is 0. The Kier molecular flexibility index (Phi) is 5.16. The third kappa shape index (κ3) is 3.91. The average Bonchev–Trinajstić information content (AvgIpc) is 2.48. The predicted molar refractivity (Wildman–Crippen MR) is 88.4 cm³/mol. The molecule has 2 aromatic carbocycles. The molecule has 21 heavy (non-hydrogen) atoms. The second-order valence-corrected chi connectivity index (χ2v) is 17.0. The second-order valence-electron chi connectivity index (χ2n) is 5.73. The monoisotopic (exact) mass is 478 g/mol. The Bertz CT molecular complexity index is 601. The van der Waals surface area contributed by atoms with Crippen LogP contribution >= 0.6 is 0 Å². The van der Waals surface area contributed by atoms with E-state index in [4.69, 9.17) is 4.74 Å². The van der Waals surface area contributed by atoms with Crippen LogP contribution in [0.4, 0.5) is 0 Å². The van der Waals surface area contributed by atoms with Gasteiger partial charge in [-0.05, 0) is 0 Å². The molecule has 0 unspecified atom stereocenters. The van der Waals surface area contributed by atoms with Crippen LogP contribution in [0.3, 0.4) is 0 Å². The van der Waals surface area contributed by atoms with Crippen molar-refractivity contribution in [3.05, 3.63) is 65.7 Å². The van der Waals surface area contributed by atoms with Crippen molar-refractivity contribution in [1.82, 2.24) is 0 Å². The van der Waals surface area contributed by atoms with Crippen molar-refractivity contribution in [2.24, 2.45) is 0 Å². The number of benzene rings is 2. The van der Waals surface area contributed by atoms with Gasteiger partial charge in [-0.25, -0.2) is 0 Å². The quantitative estimate of drug-likeness (QED) is 0.368. The predicted octanol–water partition coefficient (Wildman–Crippen LogP) is 4.48. The Morgan fingerprint density at radius 2 is 1.52 bits per heavy atom. The molecule has 2 nitrogen and oxygen atoms in total. The van der Waals surface area contributed by atoms with Crippen LogP contribution in [0, 0.1) is 0 Å². The average molecular weight is 478 g/mol. The number of ether oxygens (including phenoxy) is 1. The van der Waals surface area contributed by atoms with E-state index in [1.807, 2.05) is 30.3 Å². The summed E-state index contributed by atoms with van der Waals surface area (Å²) in [5.41, 5.74) is 1.91. The zero-order valence-corrected chi connectivity index (χ0v) is 16.4. The molecule has 0 radical (unpaired) electrons. The molecule has 0 N–H and O–H groups in total. The minimum absolute atomic E-state index is 0.289. The summed E-state index contributed by atoms with van der Waals surface area (Å²) in [5.74, 6) is 0.267. The summed E-state index contributed by atoms with van der Waals surface area (Å²) in [4.78, 5) is 12.1. The van der Waals surface area contributed by atoms with Gasteiger partial charge in [-0.3, -0.25) is 0 Å². The minimum atomic E-state index is -1.45. The Hall–Kier alpha value is -1.21. The second kappa shape index (κ2) is 6.70. The molecule has 0 amide bonds. The molecule has 0 aliphatic rings. The van der Waals surface area contributed by atoms with Crippen LogP contribution in [0.5, 0.6) is 5.75 Å². The van der Waals surface area contributed by atoms with Crippen molar-refractivity contribution in [3.8, 4) is 5.75 Å². The fourth-order valence-corrected chi connectivity index (χ4v) is 4.51. The molecule has 3 heteroatoms. The van der Waals surface area contributed by atoms with Crippen molar-refractivity contribution < 1.29 is 9.53 Å². The van der Waals surface area contributed by atoms with Gasteiger partial charge in [0.25, 0.3) is 0 Å². The van der Waals surface area contributed by atoms with Crippen LogP contribution in [-0.2, 0) is 3.12 Å². The van der Waals surface area contributed by atoms with Gasteiger partial charge >= 0.3 is 135 Å². The number of para-hydroxylation sites is 1. The summed E-state index contributed by atoms with van der Waals surface area (Å²) >= 11 is -1.45. The maximum absolute atomic E-state index is 12.1. The summed E-state index contributed by atoms with van der Waals surface area (Å²) in [6.45, 7) is 4.62. The number of hydrogen-bond donors (Lipinski definition) is 0. The first-order chi connectivity index (χ1) is 9.91. The number of rotatable bonds is 4. The first-order valence-corrected chi connectivity index (χ1v) is 15.7. The van der Waals surface area contributed by atoms with E-state index in [-0.39, 0.29) is 9.09 Å². The molecule has 2 rings (SSSR count). The van der Waals surface area contributed by atoms with Gasteiger partial charge in [-0.2, -0.15) is 0 Å². The SMILES string of the molecule is [CH3][Bi]([CH3])[C](C)(C)c1ccc(C(=O)Oc2ccccc2)cc1. The molecule has 0 aliphatic heterocycles. The van der Waals surface area contributed by atoms with E-state index in [0.717, 1.165) is 0 Å². The molecule has 0 spiro atoms. The Morgan fingerprint density at radius 3 is 2.05 bits per heavy atom. The Morgan fingerprint density at radius 1 is 0.952 bits per heavy atom. The summed E-state index contributed by atoms with van der Waals surface area (Å²) in [6, 6.07) is 17.0. The van der Waals surface area contributed by atoms with Gasteiger partial charge in [-0.15, -0.1) is 0 Å². The van der Waals surface area contributed by atoms with E-state index in [1.54, 1.807) is 12.1 Å². The molecule has 2 aromatic rings. The fraction of sp³-hybridized carbons (Fsp3) is 0.278. The van der Waals surface area contributed by atoms with Gasteiger partial charge in [0.05, 0.1) is 0 Å². The normalized spacial score (nSPS) is 11.5. The topological polar surface area (TPSA) is 26.3 Å². The van der Waals surface area contributed by atoms with E-state index < -0.39 is 21.8 Å². The van der Waals surface area contributed by atoms with Gasteiger partial charge < -0.3 is 0 Å². The molecule has 0 fully saturated rings. The van der Waals surface area contributed by atoms with Crippen LogP contribution in [0.1, 0.15) is 29.8 Å². The van der Waals surface area contributed by atoms with Crippen molar-refractivity contribution in [3.63, 3.8) is 0 Å². The summed E-state index contributed by atoms with van der Waals surface area (Å²) < 4.78 is 10.5.